The van der Waals surface area contributed by atoms with Crippen molar-refractivity contribution in [3.8, 4) is 29.1 Å². The summed E-state index contributed by atoms with van der Waals surface area (Å²) in [5, 5.41) is 14.1. The molecule has 4 aromatic rings. The summed E-state index contributed by atoms with van der Waals surface area (Å²) in [6.45, 7) is 0.477. The average molecular weight is 482 g/mol. The Hall–Kier alpha value is -4.44. The van der Waals surface area contributed by atoms with Crippen LogP contribution >= 0.6 is 0 Å². The fraction of sp³-hybridized carbons (Fsp3) is 0.241. The molecule has 0 radical (unpaired) electrons. The van der Waals surface area contributed by atoms with Crippen LogP contribution in [-0.2, 0) is 6.61 Å². The van der Waals surface area contributed by atoms with E-state index in [9.17, 15) is 5.26 Å². The fourth-order valence-corrected chi connectivity index (χ4v) is 4.44. The van der Waals surface area contributed by atoms with E-state index in [0.717, 1.165) is 34.1 Å². The minimum Gasteiger partial charge on any atom is -0.493 e. The molecule has 36 heavy (non-hydrogen) atoms. The van der Waals surface area contributed by atoms with E-state index in [4.69, 9.17) is 18.9 Å². The van der Waals surface area contributed by atoms with Gasteiger partial charge in [-0.15, -0.1) is 0 Å². The number of benzene rings is 3. The standard InChI is InChI=1S/C29H27N3O4/c1-33-26-11-19(9-10-25(26)36-17-18-7-5-4-6-8-18)21-12-24(21)32-29-20(15-30)16-31-23-14-28(35-3)27(34-2)13-22(23)29/h4-11,13-14,16,21,24H,12,17H2,1-3H3,(H,31,32)/t21-,24+/m0/s1. The van der Waals surface area contributed by atoms with Crippen molar-refractivity contribution in [1.29, 1.82) is 5.26 Å². The smallest absolute Gasteiger partial charge is 0.162 e. The van der Waals surface area contributed by atoms with Crippen LogP contribution in [0, 0.1) is 11.3 Å². The van der Waals surface area contributed by atoms with Gasteiger partial charge in [-0.2, -0.15) is 5.26 Å². The Morgan fingerprint density at radius 3 is 2.36 bits per heavy atom. The molecule has 0 amide bonds. The number of rotatable bonds is 9. The van der Waals surface area contributed by atoms with Crippen molar-refractivity contribution in [3.05, 3.63) is 83.6 Å². The van der Waals surface area contributed by atoms with Crippen LogP contribution in [-0.4, -0.2) is 32.4 Å². The summed E-state index contributed by atoms with van der Waals surface area (Å²) >= 11 is 0. The summed E-state index contributed by atoms with van der Waals surface area (Å²) in [6.07, 6.45) is 2.53. The lowest BCUT2D eigenvalue weighted by atomic mass is 10.1. The fourth-order valence-electron chi connectivity index (χ4n) is 4.44. The Morgan fingerprint density at radius 2 is 1.64 bits per heavy atom. The maximum atomic E-state index is 9.74. The quantitative estimate of drug-likeness (QED) is 0.329. The van der Waals surface area contributed by atoms with Crippen LogP contribution in [0.2, 0.25) is 0 Å². The maximum Gasteiger partial charge on any atom is 0.162 e. The van der Waals surface area contributed by atoms with Crippen molar-refractivity contribution in [2.45, 2.75) is 25.0 Å². The van der Waals surface area contributed by atoms with Gasteiger partial charge in [0.15, 0.2) is 23.0 Å². The predicted octanol–water partition coefficient (Wildman–Crippen LogP) is 5.68. The second-order valence-electron chi connectivity index (χ2n) is 8.66. The molecule has 0 unspecified atom stereocenters. The molecule has 1 fully saturated rings. The third-order valence-corrected chi connectivity index (χ3v) is 6.47. The number of nitrogens with zero attached hydrogens (tertiary/aromatic N) is 2. The highest BCUT2D eigenvalue weighted by molar-refractivity contribution is 5.96. The third kappa shape index (κ3) is 4.58. The first-order chi connectivity index (χ1) is 17.6. The molecule has 1 aromatic heterocycles. The van der Waals surface area contributed by atoms with E-state index in [1.807, 2.05) is 54.6 Å². The molecule has 182 valence electrons. The van der Waals surface area contributed by atoms with Crippen LogP contribution in [0.3, 0.4) is 0 Å². The molecule has 1 N–H and O–H groups in total. The zero-order chi connectivity index (χ0) is 25.1. The van der Waals surface area contributed by atoms with Gasteiger partial charge in [-0.05, 0) is 35.7 Å². The Balaban J connectivity index is 1.36. The largest absolute Gasteiger partial charge is 0.493 e. The summed E-state index contributed by atoms with van der Waals surface area (Å²) < 4.78 is 22.5. The van der Waals surface area contributed by atoms with Crippen molar-refractivity contribution in [3.63, 3.8) is 0 Å². The molecule has 5 rings (SSSR count). The van der Waals surface area contributed by atoms with Crippen molar-refractivity contribution < 1.29 is 18.9 Å². The minimum atomic E-state index is 0.177. The average Bonchev–Trinajstić information content (AvgIpc) is 3.70. The first-order valence-electron chi connectivity index (χ1n) is 11.7. The Bertz CT molecular complexity index is 1430. The van der Waals surface area contributed by atoms with Gasteiger partial charge >= 0.3 is 0 Å². The summed E-state index contributed by atoms with van der Waals surface area (Å²) in [4.78, 5) is 4.44. The van der Waals surface area contributed by atoms with E-state index < -0.39 is 0 Å². The number of aromatic nitrogens is 1. The van der Waals surface area contributed by atoms with Gasteiger partial charge in [0.1, 0.15) is 12.7 Å². The molecular weight excluding hydrogens is 454 g/mol. The Kier molecular flexibility index (Phi) is 6.50. The third-order valence-electron chi connectivity index (χ3n) is 6.47. The molecule has 1 aliphatic carbocycles. The highest BCUT2D eigenvalue weighted by Gasteiger charge is 2.39. The number of anilines is 1. The van der Waals surface area contributed by atoms with Crippen molar-refractivity contribution in [1.82, 2.24) is 4.98 Å². The first kappa shape index (κ1) is 23.3. The van der Waals surface area contributed by atoms with Gasteiger partial charge < -0.3 is 24.3 Å². The van der Waals surface area contributed by atoms with Gasteiger partial charge in [0.2, 0.25) is 0 Å². The summed E-state index contributed by atoms with van der Waals surface area (Å²) in [5.41, 5.74) is 4.23. The molecule has 0 aliphatic heterocycles. The Morgan fingerprint density at radius 1 is 0.917 bits per heavy atom. The van der Waals surface area contributed by atoms with Crippen LogP contribution in [0.25, 0.3) is 10.9 Å². The molecule has 3 aromatic carbocycles. The zero-order valence-corrected chi connectivity index (χ0v) is 20.4. The predicted molar refractivity (Wildman–Crippen MR) is 138 cm³/mol. The lowest BCUT2D eigenvalue weighted by molar-refractivity contribution is 0.284. The van der Waals surface area contributed by atoms with Crippen LogP contribution < -0.4 is 24.3 Å². The highest BCUT2D eigenvalue weighted by atomic mass is 16.5. The molecule has 1 saturated carbocycles. The molecule has 7 nitrogen and oxygen atoms in total. The Labute approximate surface area is 210 Å². The van der Waals surface area contributed by atoms with Crippen LogP contribution in [0.4, 0.5) is 5.69 Å². The topological polar surface area (TPSA) is 85.6 Å². The van der Waals surface area contributed by atoms with Gasteiger partial charge in [0.25, 0.3) is 0 Å². The summed E-state index contributed by atoms with van der Waals surface area (Å²) in [7, 11) is 4.84. The molecule has 2 atom stereocenters. The molecule has 0 bridgehead atoms. The molecule has 0 saturated heterocycles. The summed E-state index contributed by atoms with van der Waals surface area (Å²) in [5.74, 6) is 2.89. The number of pyridine rings is 1. The number of hydrogen-bond donors (Lipinski definition) is 1. The molecule has 7 heteroatoms. The zero-order valence-electron chi connectivity index (χ0n) is 20.4. The van der Waals surface area contributed by atoms with Crippen molar-refractivity contribution in [2.75, 3.05) is 26.6 Å². The SMILES string of the molecule is COc1cc2ncc(C#N)c(N[C@@H]3C[C@H]3c3ccc(OCc4ccccc4)c(OC)c3)c2cc1OC. The lowest BCUT2D eigenvalue weighted by Gasteiger charge is -2.15. The summed E-state index contributed by atoms with van der Waals surface area (Å²) in [6, 6.07) is 22.3. The van der Waals surface area contributed by atoms with E-state index in [1.54, 1.807) is 27.5 Å². The number of nitrogens with one attached hydrogen (secondary N) is 1. The first-order valence-corrected chi connectivity index (χ1v) is 11.7. The second kappa shape index (κ2) is 10.0. The van der Waals surface area contributed by atoms with E-state index in [-0.39, 0.29) is 12.0 Å². The normalized spacial score (nSPS) is 16.2. The number of hydrogen-bond acceptors (Lipinski definition) is 7. The number of nitriles is 1. The molecular formula is C29H27N3O4. The monoisotopic (exact) mass is 481 g/mol. The van der Waals surface area contributed by atoms with Crippen LogP contribution in [0.1, 0.15) is 29.0 Å². The number of ether oxygens (including phenoxy) is 4. The van der Waals surface area contributed by atoms with E-state index in [1.165, 1.54) is 0 Å². The maximum absolute atomic E-state index is 9.74. The minimum absolute atomic E-state index is 0.177. The van der Waals surface area contributed by atoms with E-state index in [2.05, 4.69) is 22.4 Å². The van der Waals surface area contributed by atoms with Gasteiger partial charge in [-0.1, -0.05) is 36.4 Å². The highest BCUT2D eigenvalue weighted by Crippen LogP contribution is 2.46. The number of methoxy groups -OCH3 is 3. The van der Waals surface area contributed by atoms with Gasteiger partial charge in [0.05, 0.1) is 38.1 Å². The van der Waals surface area contributed by atoms with Gasteiger partial charge in [0, 0.05) is 29.6 Å². The lowest BCUT2D eigenvalue weighted by Crippen LogP contribution is -2.07. The molecule has 0 spiro atoms. The van der Waals surface area contributed by atoms with Gasteiger partial charge in [-0.25, -0.2) is 0 Å². The van der Waals surface area contributed by atoms with Crippen molar-refractivity contribution in [2.24, 2.45) is 0 Å². The second-order valence-corrected chi connectivity index (χ2v) is 8.66. The van der Waals surface area contributed by atoms with E-state index >= 15 is 0 Å². The van der Waals surface area contributed by atoms with Crippen LogP contribution in [0.5, 0.6) is 23.0 Å². The molecule has 1 heterocycles. The van der Waals surface area contributed by atoms with Crippen LogP contribution in [0.15, 0.2) is 66.9 Å². The van der Waals surface area contributed by atoms with Gasteiger partial charge in [-0.3, -0.25) is 4.98 Å². The number of fused-ring (bicyclic) bond motifs is 1. The molecule has 1 aliphatic rings. The van der Waals surface area contributed by atoms with E-state index in [0.29, 0.717) is 35.2 Å². The van der Waals surface area contributed by atoms with Crippen molar-refractivity contribution >= 4 is 16.6 Å².